The molecule has 1 aromatic carbocycles. The Morgan fingerprint density at radius 1 is 1.12 bits per heavy atom. The molecule has 0 fully saturated rings. The van der Waals surface area contributed by atoms with Gasteiger partial charge in [-0.25, -0.2) is 9.97 Å². The maximum Gasteiger partial charge on any atom is 0.149 e. The van der Waals surface area contributed by atoms with Gasteiger partial charge in [-0.15, -0.1) is 0 Å². The maximum atomic E-state index is 6.05. The van der Waals surface area contributed by atoms with Crippen LogP contribution in [0.2, 0.25) is 15.2 Å². The molecular weight excluding hydrogens is 348 g/mol. The van der Waals surface area contributed by atoms with Gasteiger partial charge in [0, 0.05) is 0 Å². The number of nitrogens with one attached hydrogen (secondary N) is 1. The summed E-state index contributed by atoms with van der Waals surface area (Å²) in [6.07, 6.45) is 1.36. The second kappa shape index (κ2) is 5.40. The lowest BCUT2D eigenvalue weighted by Crippen LogP contribution is -1.97. The molecule has 0 saturated carbocycles. The molecule has 1 N–H and O–H groups in total. The Hall–Kier alpha value is -0.550. The number of benzene rings is 1. The van der Waals surface area contributed by atoms with Crippen LogP contribution in [0, 0.1) is 0 Å². The maximum absolute atomic E-state index is 6.05. The Morgan fingerprint density at radius 2 is 1.88 bits per heavy atom. The van der Waals surface area contributed by atoms with Crippen LogP contribution in [0.4, 0.5) is 11.5 Å². The second-order valence-electron chi connectivity index (χ2n) is 3.05. The zero-order valence-electron chi connectivity index (χ0n) is 8.22. The summed E-state index contributed by atoms with van der Waals surface area (Å²) in [5.74, 6) is 0.522. The van der Waals surface area contributed by atoms with Gasteiger partial charge < -0.3 is 5.32 Å². The van der Waals surface area contributed by atoms with Crippen molar-refractivity contribution in [2.75, 3.05) is 5.32 Å². The van der Waals surface area contributed by atoms with E-state index in [1.807, 2.05) is 0 Å². The zero-order chi connectivity index (χ0) is 12.4. The second-order valence-corrected chi connectivity index (χ2v) is 4.99. The highest BCUT2D eigenvalue weighted by Gasteiger charge is 2.10. The van der Waals surface area contributed by atoms with Crippen molar-refractivity contribution < 1.29 is 0 Å². The van der Waals surface area contributed by atoms with Gasteiger partial charge in [-0.2, -0.15) is 0 Å². The van der Waals surface area contributed by atoms with Gasteiger partial charge in [0.1, 0.15) is 17.3 Å². The number of halogens is 4. The van der Waals surface area contributed by atoms with Crippen molar-refractivity contribution in [1.82, 2.24) is 9.97 Å². The molecule has 0 aliphatic rings. The average Bonchev–Trinajstić information content (AvgIpc) is 2.31. The van der Waals surface area contributed by atoms with Crippen molar-refractivity contribution in [2.24, 2.45) is 0 Å². The van der Waals surface area contributed by atoms with Gasteiger partial charge in [-0.3, -0.25) is 0 Å². The highest BCUT2D eigenvalue weighted by atomic mass is 79.9. The SMILES string of the molecule is Clc1cccc(Nc2ncnc(Cl)c2Br)c1Cl. The molecule has 0 saturated heterocycles. The summed E-state index contributed by atoms with van der Waals surface area (Å²) in [5, 5.41) is 4.24. The average molecular weight is 353 g/mol. The fraction of sp³-hybridized carbons (Fsp3) is 0. The quantitative estimate of drug-likeness (QED) is 0.777. The molecule has 2 rings (SSSR count). The van der Waals surface area contributed by atoms with Crippen LogP contribution in [0.25, 0.3) is 0 Å². The largest absolute Gasteiger partial charge is 0.338 e. The molecule has 17 heavy (non-hydrogen) atoms. The van der Waals surface area contributed by atoms with Gasteiger partial charge in [-0.1, -0.05) is 40.9 Å². The van der Waals surface area contributed by atoms with Crippen LogP contribution in [0.5, 0.6) is 0 Å². The molecule has 3 nitrogen and oxygen atoms in total. The Bertz CT molecular complexity index is 513. The molecule has 1 heterocycles. The number of hydrogen-bond donors (Lipinski definition) is 1. The predicted molar refractivity (Wildman–Crippen MR) is 74.5 cm³/mol. The van der Waals surface area contributed by atoms with Crippen molar-refractivity contribution in [3.8, 4) is 0 Å². The van der Waals surface area contributed by atoms with E-state index in [0.717, 1.165) is 0 Å². The number of nitrogens with zero attached hydrogens (tertiary/aromatic N) is 2. The van der Waals surface area contributed by atoms with Crippen molar-refractivity contribution >= 4 is 62.2 Å². The minimum absolute atomic E-state index is 0.320. The van der Waals surface area contributed by atoms with Crippen LogP contribution in [-0.4, -0.2) is 9.97 Å². The molecule has 88 valence electrons. The number of hydrogen-bond acceptors (Lipinski definition) is 3. The summed E-state index contributed by atoms with van der Waals surface area (Å²) in [4.78, 5) is 7.88. The summed E-state index contributed by atoms with van der Waals surface area (Å²) in [6, 6.07) is 5.28. The lowest BCUT2D eigenvalue weighted by molar-refractivity contribution is 1.15. The van der Waals surface area contributed by atoms with Gasteiger partial charge in [0.25, 0.3) is 0 Å². The van der Waals surface area contributed by atoms with E-state index in [-0.39, 0.29) is 0 Å². The van der Waals surface area contributed by atoms with E-state index in [9.17, 15) is 0 Å². The molecule has 0 radical (unpaired) electrons. The topological polar surface area (TPSA) is 37.8 Å². The van der Waals surface area contributed by atoms with Crippen LogP contribution < -0.4 is 5.32 Å². The first-order valence-corrected chi connectivity index (χ1v) is 6.39. The Morgan fingerprint density at radius 3 is 2.65 bits per heavy atom. The third-order valence-electron chi connectivity index (χ3n) is 1.95. The zero-order valence-corrected chi connectivity index (χ0v) is 12.1. The minimum Gasteiger partial charge on any atom is -0.338 e. The van der Waals surface area contributed by atoms with Crippen molar-refractivity contribution in [3.05, 3.63) is 44.2 Å². The molecular formula is C10H5BrCl3N3. The monoisotopic (exact) mass is 351 g/mol. The molecule has 0 amide bonds. The van der Waals surface area contributed by atoms with Gasteiger partial charge >= 0.3 is 0 Å². The minimum atomic E-state index is 0.320. The molecule has 0 aliphatic carbocycles. The molecule has 0 unspecified atom stereocenters. The molecule has 1 aromatic heterocycles. The lowest BCUT2D eigenvalue weighted by atomic mass is 10.3. The summed E-state index contributed by atoms with van der Waals surface area (Å²) in [7, 11) is 0. The van der Waals surface area contributed by atoms with Crippen LogP contribution in [0.15, 0.2) is 29.0 Å². The van der Waals surface area contributed by atoms with Crippen LogP contribution in [0.1, 0.15) is 0 Å². The van der Waals surface area contributed by atoms with E-state index < -0.39 is 0 Å². The first kappa shape index (κ1) is 12.9. The number of aromatic nitrogens is 2. The fourth-order valence-corrected chi connectivity index (χ4v) is 1.95. The Labute approximate surface area is 121 Å². The number of anilines is 2. The Kier molecular flexibility index (Phi) is 4.09. The number of rotatable bonds is 2. The molecule has 7 heteroatoms. The summed E-state index contributed by atoms with van der Waals surface area (Å²) in [5.41, 5.74) is 0.648. The van der Waals surface area contributed by atoms with Gasteiger partial charge in [0.2, 0.25) is 0 Å². The van der Waals surface area contributed by atoms with Crippen LogP contribution in [0.3, 0.4) is 0 Å². The van der Waals surface area contributed by atoms with E-state index in [4.69, 9.17) is 34.8 Å². The molecule has 0 atom stereocenters. The standard InChI is InChI=1S/C10H5BrCl3N3/c11-7-9(14)15-4-16-10(7)17-6-3-1-2-5(12)8(6)13/h1-4H,(H,15,16,17). The van der Waals surface area contributed by atoms with Crippen molar-refractivity contribution in [3.63, 3.8) is 0 Å². The summed E-state index contributed by atoms with van der Waals surface area (Å²) < 4.78 is 0.567. The van der Waals surface area contributed by atoms with Crippen molar-refractivity contribution in [1.29, 1.82) is 0 Å². The van der Waals surface area contributed by atoms with E-state index >= 15 is 0 Å². The Balaban J connectivity index is 2.38. The fourth-order valence-electron chi connectivity index (χ4n) is 1.16. The van der Waals surface area contributed by atoms with Gasteiger partial charge in [0.05, 0.1) is 20.2 Å². The van der Waals surface area contributed by atoms with E-state index in [1.165, 1.54) is 6.33 Å². The summed E-state index contributed by atoms with van der Waals surface area (Å²) >= 11 is 21.1. The predicted octanol–water partition coefficient (Wildman–Crippen LogP) is 4.94. The van der Waals surface area contributed by atoms with Crippen LogP contribution >= 0.6 is 50.7 Å². The van der Waals surface area contributed by atoms with E-state index in [0.29, 0.717) is 31.2 Å². The third kappa shape index (κ3) is 2.83. The van der Waals surface area contributed by atoms with E-state index in [2.05, 4.69) is 31.2 Å². The molecule has 0 aliphatic heterocycles. The first-order valence-electron chi connectivity index (χ1n) is 4.46. The lowest BCUT2D eigenvalue weighted by Gasteiger charge is -2.10. The summed E-state index contributed by atoms with van der Waals surface area (Å²) in [6.45, 7) is 0. The molecule has 0 bridgehead atoms. The van der Waals surface area contributed by atoms with E-state index in [1.54, 1.807) is 18.2 Å². The highest BCUT2D eigenvalue weighted by Crippen LogP contribution is 2.34. The third-order valence-corrected chi connectivity index (χ3v) is 4.04. The normalized spacial score (nSPS) is 10.4. The smallest absolute Gasteiger partial charge is 0.149 e. The van der Waals surface area contributed by atoms with Gasteiger partial charge in [0.15, 0.2) is 0 Å². The van der Waals surface area contributed by atoms with Crippen LogP contribution in [-0.2, 0) is 0 Å². The van der Waals surface area contributed by atoms with Gasteiger partial charge in [-0.05, 0) is 28.1 Å². The molecule has 0 spiro atoms. The first-order chi connectivity index (χ1) is 8.09. The molecule has 2 aromatic rings. The highest BCUT2D eigenvalue weighted by molar-refractivity contribution is 9.10. The van der Waals surface area contributed by atoms with Crippen molar-refractivity contribution in [2.45, 2.75) is 0 Å².